The summed E-state index contributed by atoms with van der Waals surface area (Å²) in [6.45, 7) is 5.34. The van der Waals surface area contributed by atoms with Crippen molar-refractivity contribution in [3.63, 3.8) is 0 Å². The number of halogens is 1. The van der Waals surface area contributed by atoms with E-state index in [1.165, 1.54) is 6.42 Å². The van der Waals surface area contributed by atoms with Gasteiger partial charge in [0.25, 0.3) is 0 Å². The number of rotatable bonds is 4. The molecule has 1 rings (SSSR count). The van der Waals surface area contributed by atoms with Crippen LogP contribution in [0.4, 0.5) is 5.82 Å². The lowest BCUT2D eigenvalue weighted by atomic mass is 10.1. The SMILES string of the molecule is CCC(C)CNc1ncncc1Br. The predicted octanol–water partition coefficient (Wildman–Crippen LogP) is 2.70. The van der Waals surface area contributed by atoms with Crippen LogP contribution >= 0.6 is 15.9 Å². The van der Waals surface area contributed by atoms with Crippen LogP contribution in [0.1, 0.15) is 20.3 Å². The summed E-state index contributed by atoms with van der Waals surface area (Å²) in [7, 11) is 0. The Labute approximate surface area is 87.1 Å². The molecule has 0 amide bonds. The summed E-state index contributed by atoms with van der Waals surface area (Å²) < 4.78 is 0.915. The minimum absolute atomic E-state index is 0.668. The van der Waals surface area contributed by atoms with Crippen LogP contribution < -0.4 is 5.32 Å². The van der Waals surface area contributed by atoms with Crippen LogP contribution in [0.5, 0.6) is 0 Å². The Morgan fingerprint density at radius 3 is 3.00 bits per heavy atom. The molecule has 0 aromatic carbocycles. The van der Waals surface area contributed by atoms with Crippen molar-refractivity contribution in [2.75, 3.05) is 11.9 Å². The van der Waals surface area contributed by atoms with E-state index in [0.717, 1.165) is 16.8 Å². The van der Waals surface area contributed by atoms with Gasteiger partial charge in [-0.2, -0.15) is 0 Å². The molecule has 0 aliphatic carbocycles. The topological polar surface area (TPSA) is 37.8 Å². The average Bonchev–Trinajstić information content (AvgIpc) is 2.16. The molecule has 1 N–H and O–H groups in total. The van der Waals surface area contributed by atoms with Gasteiger partial charge in [-0.1, -0.05) is 20.3 Å². The van der Waals surface area contributed by atoms with Gasteiger partial charge in [0.05, 0.1) is 4.47 Å². The van der Waals surface area contributed by atoms with Gasteiger partial charge in [-0.05, 0) is 21.8 Å². The van der Waals surface area contributed by atoms with E-state index in [-0.39, 0.29) is 0 Å². The fourth-order valence-corrected chi connectivity index (χ4v) is 1.22. The summed E-state index contributed by atoms with van der Waals surface area (Å²) in [5, 5.41) is 3.27. The fourth-order valence-electron chi connectivity index (χ4n) is 0.858. The first-order valence-corrected chi connectivity index (χ1v) is 5.22. The number of nitrogens with zero attached hydrogens (tertiary/aromatic N) is 2. The van der Waals surface area contributed by atoms with Crippen LogP contribution in [0, 0.1) is 5.92 Å². The van der Waals surface area contributed by atoms with E-state index < -0.39 is 0 Å². The van der Waals surface area contributed by atoms with E-state index in [4.69, 9.17) is 0 Å². The maximum atomic E-state index is 4.12. The lowest BCUT2D eigenvalue weighted by molar-refractivity contribution is 0.592. The third kappa shape index (κ3) is 3.30. The third-order valence-corrected chi connectivity index (χ3v) is 2.56. The molecule has 1 unspecified atom stereocenters. The van der Waals surface area contributed by atoms with Crippen molar-refractivity contribution in [2.24, 2.45) is 5.92 Å². The lowest BCUT2D eigenvalue weighted by Crippen LogP contribution is -2.11. The first kappa shape index (κ1) is 10.4. The van der Waals surface area contributed by atoms with Gasteiger partial charge in [-0.25, -0.2) is 9.97 Å². The van der Waals surface area contributed by atoms with Crippen molar-refractivity contribution >= 4 is 21.7 Å². The highest BCUT2D eigenvalue weighted by atomic mass is 79.9. The Morgan fingerprint density at radius 1 is 1.62 bits per heavy atom. The quantitative estimate of drug-likeness (QED) is 0.884. The molecule has 0 bridgehead atoms. The monoisotopic (exact) mass is 243 g/mol. The van der Waals surface area contributed by atoms with Crippen molar-refractivity contribution in [1.82, 2.24) is 9.97 Å². The smallest absolute Gasteiger partial charge is 0.143 e. The van der Waals surface area contributed by atoms with Crippen molar-refractivity contribution in [2.45, 2.75) is 20.3 Å². The van der Waals surface area contributed by atoms with Crippen molar-refractivity contribution < 1.29 is 0 Å². The minimum atomic E-state index is 0.668. The van der Waals surface area contributed by atoms with Gasteiger partial charge >= 0.3 is 0 Å². The third-order valence-electron chi connectivity index (χ3n) is 1.98. The molecule has 0 aliphatic rings. The van der Waals surface area contributed by atoms with Crippen LogP contribution in [-0.2, 0) is 0 Å². The van der Waals surface area contributed by atoms with Gasteiger partial charge in [0.15, 0.2) is 0 Å². The van der Waals surface area contributed by atoms with Crippen LogP contribution in [0.2, 0.25) is 0 Å². The number of hydrogen-bond donors (Lipinski definition) is 1. The first-order chi connectivity index (χ1) is 6.24. The molecule has 1 heterocycles. The van der Waals surface area contributed by atoms with E-state index in [2.05, 4.69) is 45.1 Å². The molecule has 72 valence electrons. The lowest BCUT2D eigenvalue weighted by Gasteiger charge is -2.10. The predicted molar refractivity (Wildman–Crippen MR) is 57.7 cm³/mol. The van der Waals surface area contributed by atoms with Gasteiger partial charge < -0.3 is 5.32 Å². The van der Waals surface area contributed by atoms with Crippen LogP contribution in [-0.4, -0.2) is 16.5 Å². The Morgan fingerprint density at radius 2 is 2.38 bits per heavy atom. The number of aromatic nitrogens is 2. The van der Waals surface area contributed by atoms with Crippen LogP contribution in [0.15, 0.2) is 17.0 Å². The van der Waals surface area contributed by atoms with Crippen molar-refractivity contribution in [1.29, 1.82) is 0 Å². The molecule has 1 atom stereocenters. The van der Waals surface area contributed by atoms with E-state index in [0.29, 0.717) is 5.92 Å². The summed E-state index contributed by atoms with van der Waals surface area (Å²) in [5.74, 6) is 1.54. The first-order valence-electron chi connectivity index (χ1n) is 4.43. The second kappa shape index (κ2) is 5.17. The largest absolute Gasteiger partial charge is 0.369 e. The summed E-state index contributed by atoms with van der Waals surface area (Å²) in [6, 6.07) is 0. The highest BCUT2D eigenvalue weighted by molar-refractivity contribution is 9.10. The van der Waals surface area contributed by atoms with E-state index >= 15 is 0 Å². The molecule has 0 aliphatic heterocycles. The van der Waals surface area contributed by atoms with Crippen molar-refractivity contribution in [3.8, 4) is 0 Å². The van der Waals surface area contributed by atoms with Gasteiger partial charge in [0.1, 0.15) is 12.1 Å². The number of nitrogens with one attached hydrogen (secondary N) is 1. The summed E-state index contributed by atoms with van der Waals surface area (Å²) in [5.41, 5.74) is 0. The fraction of sp³-hybridized carbons (Fsp3) is 0.556. The average molecular weight is 244 g/mol. The normalized spacial score (nSPS) is 12.5. The Bertz CT molecular complexity index is 265. The molecule has 1 aromatic rings. The zero-order chi connectivity index (χ0) is 9.68. The summed E-state index contributed by atoms with van der Waals surface area (Å²) in [4.78, 5) is 8.01. The second-order valence-electron chi connectivity index (χ2n) is 3.11. The van der Waals surface area contributed by atoms with Gasteiger partial charge in [-0.3, -0.25) is 0 Å². The molecule has 0 saturated carbocycles. The summed E-state index contributed by atoms with van der Waals surface area (Å²) >= 11 is 3.38. The molecule has 0 radical (unpaired) electrons. The van der Waals surface area contributed by atoms with E-state index in [9.17, 15) is 0 Å². The molecule has 13 heavy (non-hydrogen) atoms. The number of hydrogen-bond acceptors (Lipinski definition) is 3. The van der Waals surface area contributed by atoms with Crippen LogP contribution in [0.25, 0.3) is 0 Å². The molecule has 0 fully saturated rings. The van der Waals surface area contributed by atoms with Gasteiger partial charge in [0, 0.05) is 12.7 Å². The molecular formula is C9H14BrN3. The molecule has 4 heteroatoms. The minimum Gasteiger partial charge on any atom is -0.369 e. The van der Waals surface area contributed by atoms with Gasteiger partial charge in [-0.15, -0.1) is 0 Å². The maximum absolute atomic E-state index is 4.12. The Balaban J connectivity index is 2.50. The van der Waals surface area contributed by atoms with Crippen LogP contribution in [0.3, 0.4) is 0 Å². The Kier molecular flexibility index (Phi) is 4.15. The molecule has 3 nitrogen and oxygen atoms in total. The highest BCUT2D eigenvalue weighted by Crippen LogP contribution is 2.17. The molecule has 0 saturated heterocycles. The van der Waals surface area contributed by atoms with Gasteiger partial charge in [0.2, 0.25) is 0 Å². The van der Waals surface area contributed by atoms with E-state index in [1.807, 2.05) is 0 Å². The Hall–Kier alpha value is -0.640. The molecular weight excluding hydrogens is 230 g/mol. The molecule has 0 spiro atoms. The van der Waals surface area contributed by atoms with Crippen molar-refractivity contribution in [3.05, 3.63) is 17.0 Å². The second-order valence-corrected chi connectivity index (χ2v) is 3.97. The highest BCUT2D eigenvalue weighted by Gasteiger charge is 2.02. The van der Waals surface area contributed by atoms with E-state index in [1.54, 1.807) is 12.5 Å². The maximum Gasteiger partial charge on any atom is 0.143 e. The number of anilines is 1. The zero-order valence-electron chi connectivity index (χ0n) is 7.92. The zero-order valence-corrected chi connectivity index (χ0v) is 9.50. The summed E-state index contributed by atoms with van der Waals surface area (Å²) in [6.07, 6.45) is 4.46. The molecule has 1 aromatic heterocycles. The standard InChI is InChI=1S/C9H14BrN3/c1-3-7(2)4-12-9-8(10)5-11-6-13-9/h5-7H,3-4H2,1-2H3,(H,11,12,13).